The zero-order chi connectivity index (χ0) is 23.8. The average Bonchev–Trinajstić information content (AvgIpc) is 3.09. The van der Waals surface area contributed by atoms with Gasteiger partial charge in [0.1, 0.15) is 11.5 Å². The van der Waals surface area contributed by atoms with E-state index in [-0.39, 0.29) is 29.3 Å². The van der Waals surface area contributed by atoms with Crippen molar-refractivity contribution in [1.82, 2.24) is 0 Å². The molecule has 0 fully saturated rings. The molecule has 0 aliphatic carbocycles. The highest BCUT2D eigenvalue weighted by atomic mass is 79.9. The van der Waals surface area contributed by atoms with Gasteiger partial charge in [-0.15, -0.1) is 0 Å². The average molecular weight is 505 g/mol. The van der Waals surface area contributed by atoms with Crippen molar-refractivity contribution in [2.45, 2.75) is 33.1 Å². The molecule has 1 aliphatic heterocycles. The lowest BCUT2D eigenvalue weighted by Gasteiger charge is -2.18. The fourth-order valence-corrected chi connectivity index (χ4v) is 3.88. The number of fused-ring (bicyclic) bond motifs is 1. The number of hydrogen-bond donors (Lipinski definition) is 0. The second kappa shape index (κ2) is 8.99. The van der Waals surface area contributed by atoms with Gasteiger partial charge in [0.15, 0.2) is 18.1 Å². The number of benzene rings is 3. The van der Waals surface area contributed by atoms with Crippen LogP contribution in [0.1, 0.15) is 58.2 Å². The van der Waals surface area contributed by atoms with Gasteiger partial charge >= 0.3 is 0 Å². The summed E-state index contributed by atoms with van der Waals surface area (Å²) in [7, 11) is 0. The standard InChI is InChI=1S/C28H25BrO4/c1-17-24(32-16-23(30)19-7-11-21(29)12-8-19)14-13-22-26(31)25(33-27(17)22)15-18-5-9-20(10-6-18)28(2,3)4/h5-15H,16H2,1-4H3/b25-15-. The van der Waals surface area contributed by atoms with Gasteiger partial charge in [-0.05, 0) is 53.8 Å². The van der Waals surface area contributed by atoms with Crippen LogP contribution < -0.4 is 9.47 Å². The van der Waals surface area contributed by atoms with Gasteiger partial charge in [0.05, 0.1) is 5.56 Å². The summed E-state index contributed by atoms with van der Waals surface area (Å²) in [4.78, 5) is 25.3. The zero-order valence-corrected chi connectivity index (χ0v) is 20.7. The van der Waals surface area contributed by atoms with Crippen LogP contribution in [0.15, 0.2) is 70.9 Å². The largest absolute Gasteiger partial charge is 0.485 e. The Balaban J connectivity index is 1.50. The summed E-state index contributed by atoms with van der Waals surface area (Å²) < 4.78 is 12.6. The van der Waals surface area contributed by atoms with Crippen molar-refractivity contribution >= 4 is 33.6 Å². The molecule has 4 rings (SSSR count). The van der Waals surface area contributed by atoms with Crippen LogP contribution in [-0.2, 0) is 5.41 Å². The number of Topliss-reactive ketones (excluding diaryl/α,β-unsaturated/α-hetero) is 2. The van der Waals surface area contributed by atoms with Crippen LogP contribution in [-0.4, -0.2) is 18.2 Å². The topological polar surface area (TPSA) is 52.6 Å². The minimum Gasteiger partial charge on any atom is -0.485 e. The number of carbonyl (C=O) groups excluding carboxylic acids is 2. The van der Waals surface area contributed by atoms with Crippen LogP contribution in [0.2, 0.25) is 0 Å². The van der Waals surface area contributed by atoms with Crippen molar-refractivity contribution in [2.24, 2.45) is 0 Å². The predicted molar refractivity (Wildman–Crippen MR) is 133 cm³/mol. The van der Waals surface area contributed by atoms with E-state index in [4.69, 9.17) is 9.47 Å². The van der Waals surface area contributed by atoms with Crippen LogP contribution in [0.25, 0.3) is 6.08 Å². The molecule has 3 aromatic rings. The molecule has 1 heterocycles. The molecule has 1 aliphatic rings. The van der Waals surface area contributed by atoms with Gasteiger partial charge in [0, 0.05) is 15.6 Å². The summed E-state index contributed by atoms with van der Waals surface area (Å²) >= 11 is 3.36. The van der Waals surface area contributed by atoms with Crippen molar-refractivity contribution < 1.29 is 19.1 Å². The van der Waals surface area contributed by atoms with Gasteiger partial charge in [-0.3, -0.25) is 9.59 Å². The third kappa shape index (κ3) is 4.93. The summed E-state index contributed by atoms with van der Waals surface area (Å²) in [6.45, 7) is 8.21. The SMILES string of the molecule is Cc1c(OCC(=O)c2ccc(Br)cc2)ccc2c1O/C(=C\c1ccc(C(C)(C)C)cc1)C2=O. The highest BCUT2D eigenvalue weighted by Gasteiger charge is 2.30. The molecular weight excluding hydrogens is 480 g/mol. The van der Waals surface area contributed by atoms with E-state index in [0.29, 0.717) is 28.2 Å². The predicted octanol–water partition coefficient (Wildman–Crippen LogP) is 6.93. The molecule has 5 heteroatoms. The van der Waals surface area contributed by atoms with E-state index in [1.807, 2.05) is 31.2 Å². The Kier molecular flexibility index (Phi) is 6.26. The van der Waals surface area contributed by atoms with E-state index < -0.39 is 0 Å². The smallest absolute Gasteiger partial charge is 0.231 e. The fourth-order valence-electron chi connectivity index (χ4n) is 3.62. The molecule has 0 bridgehead atoms. The first kappa shape index (κ1) is 23.0. The number of carbonyl (C=O) groups is 2. The summed E-state index contributed by atoms with van der Waals surface area (Å²) in [6.07, 6.45) is 1.76. The lowest BCUT2D eigenvalue weighted by atomic mass is 9.86. The van der Waals surface area contributed by atoms with Crippen molar-refractivity contribution in [3.63, 3.8) is 0 Å². The number of rotatable bonds is 5. The summed E-state index contributed by atoms with van der Waals surface area (Å²) in [6, 6.07) is 18.6. The Morgan fingerprint density at radius 2 is 1.67 bits per heavy atom. The number of allylic oxidation sites excluding steroid dienone is 1. The van der Waals surface area contributed by atoms with Crippen molar-refractivity contribution in [3.8, 4) is 11.5 Å². The molecule has 0 N–H and O–H groups in total. The van der Waals surface area contributed by atoms with E-state index in [1.54, 1.807) is 30.3 Å². The molecule has 0 saturated heterocycles. The molecular formula is C28H25BrO4. The Hall–Kier alpha value is -3.18. The molecule has 3 aromatic carbocycles. The maximum absolute atomic E-state index is 12.9. The van der Waals surface area contributed by atoms with Gasteiger partial charge in [-0.2, -0.15) is 0 Å². The minimum absolute atomic E-state index is 0.0633. The second-order valence-corrected chi connectivity index (χ2v) is 10.0. The number of ether oxygens (including phenoxy) is 2. The van der Waals surface area contributed by atoms with Gasteiger partial charge < -0.3 is 9.47 Å². The van der Waals surface area contributed by atoms with Crippen LogP contribution in [0.4, 0.5) is 0 Å². The number of ketones is 2. The molecule has 0 aromatic heterocycles. The fraction of sp³-hybridized carbons (Fsp3) is 0.214. The normalized spacial score (nSPS) is 14.2. The Morgan fingerprint density at radius 3 is 2.30 bits per heavy atom. The van der Waals surface area contributed by atoms with Gasteiger partial charge in [0.2, 0.25) is 5.78 Å². The molecule has 0 radical (unpaired) electrons. The monoisotopic (exact) mass is 504 g/mol. The van der Waals surface area contributed by atoms with Gasteiger partial charge in [0.25, 0.3) is 0 Å². The van der Waals surface area contributed by atoms with Gasteiger partial charge in [-0.25, -0.2) is 0 Å². The molecule has 33 heavy (non-hydrogen) atoms. The first-order chi connectivity index (χ1) is 15.6. The van der Waals surface area contributed by atoms with Crippen LogP contribution in [0.5, 0.6) is 11.5 Å². The zero-order valence-electron chi connectivity index (χ0n) is 19.1. The highest BCUT2D eigenvalue weighted by Crippen LogP contribution is 2.39. The third-order valence-corrected chi connectivity index (χ3v) is 6.16. The molecule has 0 spiro atoms. The lowest BCUT2D eigenvalue weighted by molar-refractivity contribution is 0.0920. The molecule has 0 amide bonds. The lowest BCUT2D eigenvalue weighted by Crippen LogP contribution is -2.12. The first-order valence-electron chi connectivity index (χ1n) is 10.7. The molecule has 4 nitrogen and oxygen atoms in total. The number of hydrogen-bond acceptors (Lipinski definition) is 4. The van der Waals surface area contributed by atoms with E-state index in [0.717, 1.165) is 10.0 Å². The van der Waals surface area contributed by atoms with Gasteiger partial charge in [-0.1, -0.05) is 73.1 Å². The molecule has 0 unspecified atom stereocenters. The summed E-state index contributed by atoms with van der Waals surface area (Å²) in [5.41, 5.74) is 3.95. The second-order valence-electron chi connectivity index (χ2n) is 9.10. The minimum atomic E-state index is -0.162. The molecule has 0 saturated carbocycles. The van der Waals surface area contributed by atoms with Crippen molar-refractivity contribution in [1.29, 1.82) is 0 Å². The van der Waals surface area contributed by atoms with E-state index in [1.165, 1.54) is 5.56 Å². The molecule has 0 atom stereocenters. The maximum atomic E-state index is 12.9. The summed E-state index contributed by atoms with van der Waals surface area (Å²) in [5, 5.41) is 0. The number of halogens is 1. The van der Waals surface area contributed by atoms with Crippen LogP contribution in [0.3, 0.4) is 0 Å². The van der Waals surface area contributed by atoms with Crippen molar-refractivity contribution in [3.05, 3.63) is 98.7 Å². The Labute approximate surface area is 202 Å². The molecule has 168 valence electrons. The quantitative estimate of drug-likeness (QED) is 0.279. The third-order valence-electron chi connectivity index (χ3n) is 5.64. The van der Waals surface area contributed by atoms with E-state index in [2.05, 4.69) is 48.8 Å². The van der Waals surface area contributed by atoms with Crippen LogP contribution >= 0.6 is 15.9 Å². The first-order valence-corrected chi connectivity index (χ1v) is 11.5. The summed E-state index contributed by atoms with van der Waals surface area (Å²) in [5.74, 6) is 0.984. The Morgan fingerprint density at radius 1 is 1.00 bits per heavy atom. The van der Waals surface area contributed by atoms with Crippen molar-refractivity contribution in [2.75, 3.05) is 6.61 Å². The van der Waals surface area contributed by atoms with Crippen LogP contribution in [0, 0.1) is 6.92 Å². The Bertz CT molecular complexity index is 1250. The van der Waals surface area contributed by atoms with E-state index >= 15 is 0 Å². The highest BCUT2D eigenvalue weighted by molar-refractivity contribution is 9.10. The van der Waals surface area contributed by atoms with E-state index in [9.17, 15) is 9.59 Å². The maximum Gasteiger partial charge on any atom is 0.231 e.